The van der Waals surface area contributed by atoms with Gasteiger partial charge in [0.2, 0.25) is 0 Å². The van der Waals surface area contributed by atoms with Crippen molar-refractivity contribution in [2.75, 3.05) is 6.54 Å². The third-order valence-corrected chi connectivity index (χ3v) is 3.41. The van der Waals surface area contributed by atoms with Crippen LogP contribution in [0.1, 0.15) is 29.8 Å². The van der Waals surface area contributed by atoms with E-state index >= 15 is 0 Å². The normalized spacial score (nSPS) is 14.1. The van der Waals surface area contributed by atoms with Crippen LogP contribution < -0.4 is 5.32 Å². The fourth-order valence-corrected chi connectivity index (χ4v) is 2.27. The first-order valence-corrected chi connectivity index (χ1v) is 7.07. The number of nitrogens with zero attached hydrogens (tertiary/aromatic N) is 1. The smallest absolute Gasteiger partial charge is 0.262 e. The fraction of sp³-hybridized carbons (Fsp3) is 0.294. The van der Waals surface area contributed by atoms with Gasteiger partial charge in [-0.1, -0.05) is 0 Å². The van der Waals surface area contributed by atoms with E-state index < -0.39 is 11.5 Å². The zero-order chi connectivity index (χ0) is 17.0. The van der Waals surface area contributed by atoms with Gasteiger partial charge in [-0.05, 0) is 39.0 Å². The zero-order valence-electron chi connectivity index (χ0n) is 13.2. The van der Waals surface area contributed by atoms with Crippen molar-refractivity contribution in [3.63, 3.8) is 0 Å². The molecule has 120 valence electrons. The maximum absolute atomic E-state index is 12.1. The molecule has 1 atom stereocenters. The highest BCUT2D eigenvalue weighted by Gasteiger charge is 2.28. The number of nitrogens with one attached hydrogen (secondary N) is 1. The number of amides is 1. The van der Waals surface area contributed by atoms with Crippen LogP contribution in [0.3, 0.4) is 0 Å². The molecule has 0 saturated heterocycles. The first kappa shape index (κ1) is 16.6. The van der Waals surface area contributed by atoms with Gasteiger partial charge in [-0.2, -0.15) is 5.26 Å². The Kier molecular flexibility index (Phi) is 4.72. The number of aryl methyl sites for hydroxylation is 2. The molecule has 0 aliphatic heterocycles. The van der Waals surface area contributed by atoms with Gasteiger partial charge < -0.3 is 19.3 Å². The molecule has 2 heterocycles. The Morgan fingerprint density at radius 2 is 2.26 bits per heavy atom. The van der Waals surface area contributed by atoms with Crippen LogP contribution >= 0.6 is 0 Å². The van der Waals surface area contributed by atoms with Gasteiger partial charge in [0.05, 0.1) is 12.8 Å². The number of rotatable bonds is 5. The number of furan rings is 2. The molecule has 0 radical (unpaired) electrons. The summed E-state index contributed by atoms with van der Waals surface area (Å²) in [6.45, 7) is 5.05. The highest BCUT2D eigenvalue weighted by atomic mass is 16.3. The summed E-state index contributed by atoms with van der Waals surface area (Å²) in [5.74, 6) is 1.10. The molecule has 0 saturated carbocycles. The van der Waals surface area contributed by atoms with Gasteiger partial charge in [-0.25, -0.2) is 0 Å². The van der Waals surface area contributed by atoms with E-state index in [1.165, 1.54) is 12.3 Å². The number of aliphatic hydroxyl groups is 1. The standard InChI is InChI=1S/C17H18N2O4/c1-11-7-15(12(2)23-11)17(3,21)10-19-16(20)13(9-18)8-14-5-4-6-22-14/h4-8,21H,10H2,1-3H3,(H,19,20)/b13-8+. The summed E-state index contributed by atoms with van der Waals surface area (Å²) in [5.41, 5.74) is -0.803. The van der Waals surface area contributed by atoms with Crippen molar-refractivity contribution in [2.45, 2.75) is 26.4 Å². The summed E-state index contributed by atoms with van der Waals surface area (Å²) in [6, 6.07) is 6.85. The number of carbonyl (C=O) groups excluding carboxylic acids is 1. The maximum atomic E-state index is 12.1. The lowest BCUT2D eigenvalue weighted by atomic mass is 9.96. The molecule has 2 aromatic rings. The van der Waals surface area contributed by atoms with E-state index in [4.69, 9.17) is 14.1 Å². The summed E-state index contributed by atoms with van der Waals surface area (Å²) < 4.78 is 10.5. The lowest BCUT2D eigenvalue weighted by molar-refractivity contribution is -0.118. The van der Waals surface area contributed by atoms with Gasteiger partial charge in [0.15, 0.2) is 0 Å². The summed E-state index contributed by atoms with van der Waals surface area (Å²) in [6.07, 6.45) is 2.80. The number of nitriles is 1. The minimum atomic E-state index is -1.30. The molecule has 0 fully saturated rings. The largest absolute Gasteiger partial charge is 0.466 e. The van der Waals surface area contributed by atoms with Crippen molar-refractivity contribution >= 4 is 12.0 Å². The van der Waals surface area contributed by atoms with Crippen LogP contribution in [-0.4, -0.2) is 17.6 Å². The average Bonchev–Trinajstić information content (AvgIpc) is 3.12. The second-order valence-electron chi connectivity index (χ2n) is 5.47. The Hall–Kier alpha value is -2.78. The molecule has 0 aliphatic rings. The molecule has 2 rings (SSSR count). The molecule has 0 aliphatic carbocycles. The molecule has 6 heteroatoms. The van der Waals surface area contributed by atoms with Gasteiger partial charge in [-0.3, -0.25) is 4.79 Å². The molecule has 2 N–H and O–H groups in total. The molecule has 23 heavy (non-hydrogen) atoms. The first-order valence-electron chi connectivity index (χ1n) is 7.07. The Morgan fingerprint density at radius 3 is 2.78 bits per heavy atom. The van der Waals surface area contributed by atoms with Crippen LogP contribution in [0.5, 0.6) is 0 Å². The molecule has 1 unspecified atom stereocenters. The van der Waals surface area contributed by atoms with E-state index in [9.17, 15) is 9.90 Å². The molecule has 1 amide bonds. The predicted molar refractivity (Wildman–Crippen MR) is 83.1 cm³/mol. The van der Waals surface area contributed by atoms with Gasteiger partial charge in [-0.15, -0.1) is 0 Å². The third kappa shape index (κ3) is 3.90. The van der Waals surface area contributed by atoms with E-state index in [1.54, 1.807) is 39.0 Å². The van der Waals surface area contributed by atoms with Crippen LogP contribution in [0.15, 0.2) is 38.9 Å². The van der Waals surface area contributed by atoms with E-state index in [0.29, 0.717) is 22.8 Å². The fourth-order valence-electron chi connectivity index (χ4n) is 2.27. The maximum Gasteiger partial charge on any atom is 0.262 e. The zero-order valence-corrected chi connectivity index (χ0v) is 13.2. The van der Waals surface area contributed by atoms with Crippen molar-refractivity contribution < 1.29 is 18.7 Å². The van der Waals surface area contributed by atoms with Crippen molar-refractivity contribution in [3.8, 4) is 6.07 Å². The van der Waals surface area contributed by atoms with Crippen LogP contribution in [-0.2, 0) is 10.4 Å². The molecule has 0 bridgehead atoms. The average molecular weight is 314 g/mol. The highest BCUT2D eigenvalue weighted by molar-refractivity contribution is 6.01. The molecule has 0 aromatic carbocycles. The summed E-state index contributed by atoms with van der Waals surface area (Å²) >= 11 is 0. The van der Waals surface area contributed by atoms with E-state index in [1.807, 2.05) is 6.07 Å². The molecule has 0 spiro atoms. The number of carbonyl (C=O) groups is 1. The number of hydrogen-bond donors (Lipinski definition) is 2. The third-order valence-electron chi connectivity index (χ3n) is 3.41. The lowest BCUT2D eigenvalue weighted by Gasteiger charge is -2.23. The van der Waals surface area contributed by atoms with Gasteiger partial charge in [0, 0.05) is 11.6 Å². The predicted octanol–water partition coefficient (Wildman–Crippen LogP) is 2.42. The SMILES string of the molecule is Cc1cc(C(C)(O)CNC(=O)/C(C#N)=C/c2ccco2)c(C)o1. The van der Waals surface area contributed by atoms with Crippen LogP contribution in [0.25, 0.3) is 6.08 Å². The van der Waals surface area contributed by atoms with Gasteiger partial charge in [0.25, 0.3) is 5.91 Å². The molecular formula is C17H18N2O4. The Bertz CT molecular complexity index is 761. The van der Waals surface area contributed by atoms with E-state index in [0.717, 1.165) is 0 Å². The van der Waals surface area contributed by atoms with E-state index in [2.05, 4.69) is 5.32 Å². The topological polar surface area (TPSA) is 99.4 Å². The van der Waals surface area contributed by atoms with Crippen LogP contribution in [0.4, 0.5) is 0 Å². The summed E-state index contributed by atoms with van der Waals surface area (Å²) in [7, 11) is 0. The molecule has 6 nitrogen and oxygen atoms in total. The van der Waals surface area contributed by atoms with Crippen LogP contribution in [0.2, 0.25) is 0 Å². The molecule has 2 aromatic heterocycles. The summed E-state index contributed by atoms with van der Waals surface area (Å²) in [5, 5.41) is 22.2. The quantitative estimate of drug-likeness (QED) is 0.652. The van der Waals surface area contributed by atoms with Crippen molar-refractivity contribution in [1.82, 2.24) is 5.32 Å². The second-order valence-corrected chi connectivity index (χ2v) is 5.47. The minimum absolute atomic E-state index is 0.0528. The lowest BCUT2D eigenvalue weighted by Crippen LogP contribution is -2.39. The van der Waals surface area contributed by atoms with Gasteiger partial charge in [0.1, 0.15) is 34.5 Å². The van der Waals surface area contributed by atoms with E-state index in [-0.39, 0.29) is 12.1 Å². The minimum Gasteiger partial charge on any atom is -0.466 e. The van der Waals surface area contributed by atoms with Gasteiger partial charge >= 0.3 is 0 Å². The van der Waals surface area contributed by atoms with Crippen molar-refractivity contribution in [3.05, 3.63) is 52.9 Å². The van der Waals surface area contributed by atoms with Crippen LogP contribution in [0, 0.1) is 25.2 Å². The Morgan fingerprint density at radius 1 is 1.52 bits per heavy atom. The van der Waals surface area contributed by atoms with Crippen molar-refractivity contribution in [1.29, 1.82) is 5.26 Å². The molecular weight excluding hydrogens is 296 g/mol. The Labute approximate surface area is 134 Å². The Balaban J connectivity index is 2.08. The first-order chi connectivity index (χ1) is 10.8. The van der Waals surface area contributed by atoms with Crippen molar-refractivity contribution in [2.24, 2.45) is 0 Å². The highest BCUT2D eigenvalue weighted by Crippen LogP contribution is 2.26. The monoisotopic (exact) mass is 314 g/mol. The second kappa shape index (κ2) is 6.55. The summed E-state index contributed by atoms with van der Waals surface area (Å²) in [4.78, 5) is 12.1. The number of hydrogen-bond acceptors (Lipinski definition) is 5.